The molecular weight excluding hydrogens is 809 g/mol. The molecular formula is C58H48N8+2. The molecule has 0 aliphatic heterocycles. The second-order valence-corrected chi connectivity index (χ2v) is 15.9. The van der Waals surface area contributed by atoms with Gasteiger partial charge in [-0.05, 0) is 157 Å². The summed E-state index contributed by atoms with van der Waals surface area (Å²) in [6.07, 6.45) is 8.43. The number of benzene rings is 8. The number of aromatic nitrogens is 2. The van der Waals surface area contributed by atoms with Gasteiger partial charge in [0.15, 0.2) is 24.8 Å². The van der Waals surface area contributed by atoms with E-state index in [9.17, 15) is 0 Å². The molecule has 0 bridgehead atoms. The molecule has 0 radical (unpaired) electrons. The van der Waals surface area contributed by atoms with E-state index in [0.29, 0.717) is 0 Å². The van der Waals surface area contributed by atoms with Crippen LogP contribution in [-0.4, -0.2) is 0 Å². The van der Waals surface area contributed by atoms with Crippen molar-refractivity contribution in [3.8, 4) is 22.5 Å². The maximum absolute atomic E-state index is 3.52. The van der Waals surface area contributed by atoms with E-state index in [1.807, 2.05) is 36.4 Å². The van der Waals surface area contributed by atoms with Crippen LogP contribution in [-0.2, 0) is 0 Å². The van der Waals surface area contributed by atoms with Crippen LogP contribution in [0.15, 0.2) is 255 Å². The molecule has 6 N–H and O–H groups in total. The summed E-state index contributed by atoms with van der Waals surface area (Å²) in [5, 5.41) is 20.9. The summed E-state index contributed by atoms with van der Waals surface area (Å²) in [7, 11) is 0. The third kappa shape index (κ3) is 10.5. The zero-order chi connectivity index (χ0) is 44.3. The molecule has 0 aliphatic rings. The van der Waals surface area contributed by atoms with Gasteiger partial charge in [-0.3, -0.25) is 0 Å². The number of hydrogen-bond donors (Lipinski definition) is 6. The van der Waals surface area contributed by atoms with Crippen LogP contribution in [0.25, 0.3) is 22.5 Å². The molecule has 10 rings (SSSR count). The second kappa shape index (κ2) is 19.5. The standard InChI is InChI=1S/C58H46N8/c1-3-7-45(8-4-1)59-47-11-15-49(16-12-47)61-51-19-23-53(24-20-51)63-55-27-31-57(32-28-55)65-39-35-43(36-40-65)44-37-41-66(42-38-44)58-33-29-56(30-34-58)64-54-25-21-52(22-26-54)62-50-17-13-48(14-18-50)60-46-9-5-2-6-10-46/h1-42H,(H4,59,60,61,62,63,64)/p+2. The topological polar surface area (TPSA) is 79.9 Å². The lowest BCUT2D eigenvalue weighted by Crippen LogP contribution is -2.29. The lowest BCUT2D eigenvalue weighted by atomic mass is 10.1. The van der Waals surface area contributed by atoms with Crippen LogP contribution < -0.4 is 41.0 Å². The monoisotopic (exact) mass is 856 g/mol. The lowest BCUT2D eigenvalue weighted by Gasteiger charge is -2.11. The highest BCUT2D eigenvalue weighted by Gasteiger charge is 2.11. The van der Waals surface area contributed by atoms with Crippen molar-refractivity contribution in [3.05, 3.63) is 255 Å². The van der Waals surface area contributed by atoms with E-state index >= 15 is 0 Å². The highest BCUT2D eigenvalue weighted by Crippen LogP contribution is 2.27. The van der Waals surface area contributed by atoms with Gasteiger partial charge in [0.2, 0.25) is 11.4 Å². The average molecular weight is 857 g/mol. The third-order valence-corrected chi connectivity index (χ3v) is 11.1. The maximum atomic E-state index is 3.52. The maximum Gasteiger partial charge on any atom is 0.210 e. The zero-order valence-corrected chi connectivity index (χ0v) is 36.1. The molecule has 0 saturated heterocycles. The summed E-state index contributed by atoms with van der Waals surface area (Å²) >= 11 is 0. The number of pyridine rings is 2. The van der Waals surface area contributed by atoms with Gasteiger partial charge >= 0.3 is 0 Å². The Balaban J connectivity index is 0.686. The van der Waals surface area contributed by atoms with Crippen molar-refractivity contribution < 1.29 is 9.13 Å². The molecule has 0 unspecified atom stereocenters. The van der Waals surface area contributed by atoms with Gasteiger partial charge in [0.05, 0.1) is 0 Å². The van der Waals surface area contributed by atoms with Gasteiger partial charge < -0.3 is 31.9 Å². The number of para-hydroxylation sites is 2. The number of anilines is 12. The normalized spacial score (nSPS) is 10.7. The summed E-state index contributed by atoms with van der Waals surface area (Å²) in [5.74, 6) is 0. The first-order valence-electron chi connectivity index (χ1n) is 22.0. The first kappa shape index (κ1) is 40.9. The van der Waals surface area contributed by atoms with Crippen molar-refractivity contribution in [3.63, 3.8) is 0 Å². The van der Waals surface area contributed by atoms with Crippen LogP contribution >= 0.6 is 0 Å². The molecule has 0 spiro atoms. The largest absolute Gasteiger partial charge is 0.356 e. The predicted molar refractivity (Wildman–Crippen MR) is 273 cm³/mol. The van der Waals surface area contributed by atoms with E-state index < -0.39 is 0 Å². The Labute approximate surface area is 385 Å². The van der Waals surface area contributed by atoms with Crippen LogP contribution in [0.2, 0.25) is 0 Å². The molecule has 318 valence electrons. The average Bonchev–Trinajstić information content (AvgIpc) is 3.38. The van der Waals surface area contributed by atoms with Crippen LogP contribution in [0.3, 0.4) is 0 Å². The predicted octanol–water partition coefficient (Wildman–Crippen LogP) is 14.4. The highest BCUT2D eigenvalue weighted by atomic mass is 15.0. The van der Waals surface area contributed by atoms with Crippen LogP contribution in [0.5, 0.6) is 0 Å². The lowest BCUT2D eigenvalue weighted by molar-refractivity contribution is -0.596. The van der Waals surface area contributed by atoms with E-state index in [1.54, 1.807) is 0 Å². The molecule has 0 fully saturated rings. The van der Waals surface area contributed by atoms with E-state index in [4.69, 9.17) is 0 Å². The molecule has 8 heteroatoms. The number of hydrogen-bond acceptors (Lipinski definition) is 6. The first-order valence-corrected chi connectivity index (χ1v) is 22.0. The first-order chi connectivity index (χ1) is 32.6. The van der Waals surface area contributed by atoms with Crippen molar-refractivity contribution in [2.24, 2.45) is 0 Å². The van der Waals surface area contributed by atoms with Gasteiger partial charge in [-0.15, -0.1) is 0 Å². The molecule has 2 heterocycles. The van der Waals surface area contributed by atoms with E-state index in [0.717, 1.165) is 90.8 Å². The molecule has 0 amide bonds. The Hall–Kier alpha value is -9.14. The van der Waals surface area contributed by atoms with Crippen LogP contribution in [0, 0.1) is 0 Å². The van der Waals surface area contributed by atoms with Gasteiger partial charge in [0.25, 0.3) is 0 Å². The molecule has 0 aliphatic carbocycles. The van der Waals surface area contributed by atoms with E-state index in [-0.39, 0.29) is 0 Å². The third-order valence-electron chi connectivity index (χ3n) is 11.1. The van der Waals surface area contributed by atoms with Crippen molar-refractivity contribution in [2.75, 3.05) is 31.9 Å². The zero-order valence-electron chi connectivity index (χ0n) is 36.1. The fourth-order valence-corrected chi connectivity index (χ4v) is 7.61. The smallest absolute Gasteiger partial charge is 0.210 e. The van der Waals surface area contributed by atoms with Gasteiger partial charge in [0, 0.05) is 117 Å². The Bertz CT molecular complexity index is 2870. The summed E-state index contributed by atoms with van der Waals surface area (Å²) in [4.78, 5) is 0. The second-order valence-electron chi connectivity index (χ2n) is 15.9. The quantitative estimate of drug-likeness (QED) is 0.0577. The van der Waals surface area contributed by atoms with Crippen molar-refractivity contribution in [1.82, 2.24) is 0 Å². The summed E-state index contributed by atoms with van der Waals surface area (Å²) in [6, 6.07) is 79.2. The van der Waals surface area contributed by atoms with Crippen LogP contribution in [0.4, 0.5) is 68.2 Å². The number of rotatable bonds is 15. The van der Waals surface area contributed by atoms with Crippen LogP contribution in [0.1, 0.15) is 0 Å². The molecule has 66 heavy (non-hydrogen) atoms. The Kier molecular flexibility index (Phi) is 12.1. The molecule has 2 aromatic heterocycles. The minimum Gasteiger partial charge on any atom is -0.356 e. The van der Waals surface area contributed by atoms with Crippen molar-refractivity contribution in [2.45, 2.75) is 0 Å². The minimum absolute atomic E-state index is 1.02. The minimum atomic E-state index is 1.02. The number of nitrogens with one attached hydrogen (secondary N) is 6. The van der Waals surface area contributed by atoms with Crippen molar-refractivity contribution in [1.29, 1.82) is 0 Å². The molecule has 0 atom stereocenters. The summed E-state index contributed by atoms with van der Waals surface area (Å²) in [6.45, 7) is 0. The fraction of sp³-hybridized carbons (Fsp3) is 0. The summed E-state index contributed by atoms with van der Waals surface area (Å²) < 4.78 is 4.26. The van der Waals surface area contributed by atoms with E-state index in [1.165, 1.54) is 0 Å². The molecule has 0 saturated carbocycles. The molecule has 8 nitrogen and oxygen atoms in total. The van der Waals surface area contributed by atoms with E-state index in [2.05, 4.69) is 260 Å². The highest BCUT2D eigenvalue weighted by molar-refractivity contribution is 5.71. The van der Waals surface area contributed by atoms with Gasteiger partial charge in [-0.1, -0.05) is 36.4 Å². The molecule has 10 aromatic rings. The Morgan fingerprint density at radius 1 is 0.182 bits per heavy atom. The summed E-state index contributed by atoms with van der Waals surface area (Å²) in [5.41, 5.74) is 16.9. The van der Waals surface area contributed by atoms with Gasteiger partial charge in [-0.2, -0.15) is 9.13 Å². The van der Waals surface area contributed by atoms with Gasteiger partial charge in [-0.25, -0.2) is 0 Å². The Morgan fingerprint density at radius 3 is 0.576 bits per heavy atom. The van der Waals surface area contributed by atoms with Gasteiger partial charge in [0.1, 0.15) is 0 Å². The number of nitrogens with zero attached hydrogens (tertiary/aromatic N) is 2. The SMILES string of the molecule is c1ccc(Nc2ccc(Nc3ccc(Nc4ccc(-[n+]5ccc(-c6cc[n+](-c7ccc(Nc8ccc(Nc9ccc(Nc%10ccccc%10)cc9)cc8)cc7)cc6)cc5)cc4)cc3)cc2)cc1. The fourth-order valence-electron chi connectivity index (χ4n) is 7.61. The van der Waals surface area contributed by atoms with Crippen molar-refractivity contribution >= 4 is 68.2 Å². The molecule has 8 aromatic carbocycles. The Morgan fingerprint density at radius 2 is 0.364 bits per heavy atom.